The van der Waals surface area contributed by atoms with Gasteiger partial charge in [0.05, 0.1) is 0 Å². The third kappa shape index (κ3) is 6.76. The van der Waals surface area contributed by atoms with Crippen LogP contribution in [0, 0.1) is 0 Å². The Morgan fingerprint density at radius 1 is 0.629 bits per heavy atom. The smallest absolute Gasteiger partial charge is 0.395 e. The summed E-state index contributed by atoms with van der Waals surface area (Å²) in [5.74, 6) is 0.936. The van der Waals surface area contributed by atoms with Crippen molar-refractivity contribution >= 4 is 37.4 Å². The topological polar surface area (TPSA) is 55.8 Å². The zero-order valence-corrected chi connectivity index (χ0v) is 27.0. The van der Waals surface area contributed by atoms with Gasteiger partial charge in [-0.05, 0) is 43.9 Å². The van der Waals surface area contributed by atoms with Crippen molar-refractivity contribution in [3.8, 4) is 11.5 Å². The van der Waals surface area contributed by atoms with Gasteiger partial charge in [0.1, 0.15) is 11.5 Å². The largest absolute Gasteiger partial charge is 0.584 e. The average Bonchev–Trinajstić information content (AvgIpc) is 2.58. The molecule has 0 unspecified atom stereocenters. The van der Waals surface area contributed by atoms with E-state index in [1.165, 1.54) is 11.1 Å². The molecule has 1 N–H and O–H groups in total. The molecule has 0 aromatic heterocycles. The van der Waals surface area contributed by atoms with Crippen LogP contribution >= 0.6 is 7.82 Å². The van der Waals surface area contributed by atoms with E-state index in [2.05, 4.69) is 107 Å². The van der Waals surface area contributed by atoms with Crippen LogP contribution in [0.1, 0.15) is 116 Å². The van der Waals surface area contributed by atoms with Crippen molar-refractivity contribution in [1.82, 2.24) is 0 Å². The predicted molar refractivity (Wildman–Crippen MR) is 147 cm³/mol. The molecule has 0 saturated heterocycles. The monoisotopic (exact) mass is 509 g/mol. The minimum absolute atomic E-state index is 0. The van der Waals surface area contributed by atoms with Crippen molar-refractivity contribution in [2.45, 2.75) is 111 Å². The second-order valence-electron chi connectivity index (χ2n) is 13.9. The molecule has 4 nitrogen and oxygen atoms in total. The quantitative estimate of drug-likeness (QED) is 0.289. The molecular formula is C29H43NaO4P. The van der Waals surface area contributed by atoms with E-state index in [1.807, 2.05) is 0 Å². The Kier molecular flexibility index (Phi) is 8.28. The van der Waals surface area contributed by atoms with Crippen LogP contribution in [0.2, 0.25) is 0 Å². The van der Waals surface area contributed by atoms with E-state index in [9.17, 15) is 9.46 Å². The van der Waals surface area contributed by atoms with Gasteiger partial charge in [0.2, 0.25) is 0 Å². The van der Waals surface area contributed by atoms with Crippen molar-refractivity contribution in [2.24, 2.45) is 0 Å². The first-order chi connectivity index (χ1) is 15.1. The van der Waals surface area contributed by atoms with Crippen molar-refractivity contribution in [3.05, 3.63) is 57.6 Å². The Bertz CT molecular complexity index is 1070. The fourth-order valence-electron chi connectivity index (χ4n) is 4.29. The van der Waals surface area contributed by atoms with E-state index in [0.717, 1.165) is 22.3 Å². The molecule has 0 spiro atoms. The molecule has 1 aliphatic rings. The van der Waals surface area contributed by atoms with Crippen LogP contribution in [0.5, 0.6) is 11.5 Å². The molecule has 6 heteroatoms. The Labute approximate surface area is 235 Å². The van der Waals surface area contributed by atoms with Gasteiger partial charge in [-0.1, -0.05) is 107 Å². The van der Waals surface area contributed by atoms with Crippen LogP contribution in [-0.4, -0.2) is 34.5 Å². The minimum Gasteiger partial charge on any atom is -0.395 e. The second-order valence-corrected chi connectivity index (χ2v) is 15.2. The van der Waals surface area contributed by atoms with Crippen molar-refractivity contribution in [2.75, 3.05) is 0 Å². The predicted octanol–water partition coefficient (Wildman–Crippen LogP) is 7.96. The SMILES string of the molecule is CC(C)(C)c1cc2c(c(C(C)(C)C)c1)OP(=O)(O)Oc1c(cc(C(C)(C)C)cc1C(C)(C)C)C2.[Na]. The maximum Gasteiger partial charge on any atom is 0.584 e. The average molecular weight is 510 g/mol. The Morgan fingerprint density at radius 2 is 0.943 bits per heavy atom. The van der Waals surface area contributed by atoms with Crippen LogP contribution in [0.4, 0.5) is 0 Å². The van der Waals surface area contributed by atoms with Gasteiger partial charge in [0.25, 0.3) is 0 Å². The number of fused-ring (bicyclic) bond motifs is 2. The van der Waals surface area contributed by atoms with E-state index >= 15 is 0 Å². The van der Waals surface area contributed by atoms with Gasteiger partial charge in [-0.2, -0.15) is 0 Å². The van der Waals surface area contributed by atoms with E-state index in [0.29, 0.717) is 17.9 Å². The molecule has 1 radical (unpaired) electrons. The first-order valence-corrected chi connectivity index (χ1v) is 13.7. The van der Waals surface area contributed by atoms with Crippen LogP contribution in [0.25, 0.3) is 0 Å². The van der Waals surface area contributed by atoms with Gasteiger partial charge in [0.15, 0.2) is 0 Å². The van der Waals surface area contributed by atoms with Gasteiger partial charge < -0.3 is 9.05 Å². The molecule has 1 aliphatic heterocycles. The molecule has 35 heavy (non-hydrogen) atoms. The third-order valence-electron chi connectivity index (χ3n) is 6.47. The third-order valence-corrected chi connectivity index (χ3v) is 7.30. The normalized spacial score (nSPS) is 16.0. The first kappa shape index (κ1) is 30.5. The first-order valence-electron chi connectivity index (χ1n) is 12.2. The molecule has 1 heterocycles. The summed E-state index contributed by atoms with van der Waals surface area (Å²) < 4.78 is 25.1. The summed E-state index contributed by atoms with van der Waals surface area (Å²) in [6.45, 7) is 25.7. The number of hydrogen-bond donors (Lipinski definition) is 1. The van der Waals surface area contributed by atoms with Crippen LogP contribution in [-0.2, 0) is 32.6 Å². The fraction of sp³-hybridized carbons (Fsp3) is 0.586. The van der Waals surface area contributed by atoms with Gasteiger partial charge in [-0.15, -0.1) is 0 Å². The molecular weight excluding hydrogens is 466 g/mol. The number of benzene rings is 2. The molecule has 0 fully saturated rings. The Hall–Kier alpha value is -0.770. The molecule has 0 amide bonds. The second kappa shape index (κ2) is 9.52. The van der Waals surface area contributed by atoms with Gasteiger partial charge >= 0.3 is 7.82 Å². The molecule has 2 aromatic rings. The van der Waals surface area contributed by atoms with Crippen LogP contribution in [0.3, 0.4) is 0 Å². The summed E-state index contributed by atoms with van der Waals surface area (Å²) in [5.41, 5.74) is 5.31. The molecule has 3 rings (SSSR count). The Balaban J connectivity index is 0.00000432. The number of hydrogen-bond acceptors (Lipinski definition) is 3. The van der Waals surface area contributed by atoms with Crippen LogP contribution in [0.15, 0.2) is 24.3 Å². The van der Waals surface area contributed by atoms with E-state index in [4.69, 9.17) is 9.05 Å². The molecule has 189 valence electrons. The zero-order chi connectivity index (χ0) is 26.1. The molecule has 0 saturated carbocycles. The molecule has 0 atom stereocenters. The van der Waals surface area contributed by atoms with E-state index in [-0.39, 0.29) is 51.2 Å². The summed E-state index contributed by atoms with van der Waals surface area (Å²) in [6.07, 6.45) is 0.560. The van der Waals surface area contributed by atoms with Gasteiger partial charge in [-0.25, -0.2) is 4.57 Å². The maximum atomic E-state index is 13.4. The summed E-state index contributed by atoms with van der Waals surface area (Å²) in [6, 6.07) is 8.52. The maximum absolute atomic E-state index is 13.4. The zero-order valence-electron chi connectivity index (χ0n) is 24.1. The summed E-state index contributed by atoms with van der Waals surface area (Å²) in [7, 11) is -4.43. The summed E-state index contributed by atoms with van der Waals surface area (Å²) in [4.78, 5) is 10.9. The fourth-order valence-corrected chi connectivity index (χ4v) is 5.22. The minimum atomic E-state index is -4.43. The van der Waals surface area contributed by atoms with Crippen molar-refractivity contribution in [3.63, 3.8) is 0 Å². The van der Waals surface area contributed by atoms with Crippen LogP contribution < -0.4 is 9.05 Å². The molecule has 0 bridgehead atoms. The van der Waals surface area contributed by atoms with E-state index < -0.39 is 7.82 Å². The summed E-state index contributed by atoms with van der Waals surface area (Å²) >= 11 is 0. The molecule has 2 aromatic carbocycles. The van der Waals surface area contributed by atoms with Crippen molar-refractivity contribution in [1.29, 1.82) is 0 Å². The molecule has 0 aliphatic carbocycles. The standard InChI is InChI=1S/C29H43O4P.Na/c1-26(2,3)20-14-18-13-19-15-21(27(4,5)6)17-23(29(10,11)12)25(19)33-34(30,31)32-24(18)22(16-20)28(7,8)9;/h14-17H,13H2,1-12H3,(H,30,31);. The number of phosphoric acid groups is 1. The Morgan fingerprint density at radius 3 is 1.20 bits per heavy atom. The van der Waals surface area contributed by atoms with Crippen molar-refractivity contribution < 1.29 is 18.5 Å². The van der Waals surface area contributed by atoms with E-state index in [1.54, 1.807) is 0 Å². The van der Waals surface area contributed by atoms with Gasteiger partial charge in [0, 0.05) is 47.1 Å². The summed E-state index contributed by atoms with van der Waals surface area (Å²) in [5, 5.41) is 0. The number of rotatable bonds is 0. The van der Waals surface area contributed by atoms with Gasteiger partial charge in [-0.3, -0.25) is 4.89 Å². The number of phosphoric ester groups is 1.